The van der Waals surface area contributed by atoms with Gasteiger partial charge in [-0.05, 0) is 36.4 Å². The Morgan fingerprint density at radius 1 is 1.14 bits per heavy atom. The summed E-state index contributed by atoms with van der Waals surface area (Å²) in [4.78, 5) is 16.0. The average molecular weight is 379 g/mol. The van der Waals surface area contributed by atoms with E-state index in [1.54, 1.807) is 42.6 Å². The molecule has 2 aromatic rings. The van der Waals surface area contributed by atoms with Crippen LogP contribution in [0.2, 0.25) is 5.02 Å². The topological polar surface area (TPSA) is 54.0 Å². The number of nitrogens with zero attached hydrogens (tertiary/aromatic N) is 1. The zero-order chi connectivity index (χ0) is 16.2. The molecule has 0 aliphatic rings. The van der Waals surface area contributed by atoms with E-state index in [2.05, 4.69) is 15.6 Å². The molecule has 0 saturated carbocycles. The fraction of sp³-hybridized carbons (Fsp3) is 0.143. The molecule has 1 aromatic carbocycles. The Hall–Kier alpha value is -1.20. The molecule has 0 spiro atoms. The van der Waals surface area contributed by atoms with Crippen molar-refractivity contribution in [3.63, 3.8) is 0 Å². The molecule has 0 bridgehead atoms. The molecule has 1 amide bonds. The summed E-state index contributed by atoms with van der Waals surface area (Å²) in [6, 6.07) is 10.0. The first-order valence-corrected chi connectivity index (χ1v) is 7.67. The van der Waals surface area contributed by atoms with Crippen molar-refractivity contribution in [1.29, 1.82) is 0 Å². The van der Waals surface area contributed by atoms with Crippen LogP contribution in [0, 0.1) is 0 Å². The molecule has 0 saturated heterocycles. The molecule has 22 heavy (non-hydrogen) atoms. The lowest BCUT2D eigenvalue weighted by atomic mass is 10.2. The van der Waals surface area contributed by atoms with Crippen LogP contribution in [0.25, 0.3) is 0 Å². The third-order valence-corrected chi connectivity index (χ3v) is 3.59. The number of aromatic nitrogens is 1. The molecule has 116 valence electrons. The van der Waals surface area contributed by atoms with Crippen LogP contribution in [0.5, 0.6) is 0 Å². The highest BCUT2D eigenvalue weighted by atomic mass is 35.6. The SMILES string of the molecule is O=C(NC(Nc1ccc(Cl)cc1)C(Cl)(Cl)Cl)c1cccnc1. The van der Waals surface area contributed by atoms with Crippen molar-refractivity contribution < 1.29 is 4.79 Å². The molecule has 2 N–H and O–H groups in total. The number of amides is 1. The van der Waals surface area contributed by atoms with E-state index < -0.39 is 15.9 Å². The zero-order valence-corrected chi connectivity index (χ0v) is 14.1. The lowest BCUT2D eigenvalue weighted by Crippen LogP contribution is -2.49. The molecule has 1 unspecified atom stereocenters. The van der Waals surface area contributed by atoms with E-state index >= 15 is 0 Å². The Morgan fingerprint density at radius 2 is 1.82 bits per heavy atom. The summed E-state index contributed by atoms with van der Waals surface area (Å²) in [6.07, 6.45) is 2.05. The Bertz CT molecular complexity index is 629. The Labute approximate surface area is 147 Å². The number of benzene rings is 1. The van der Waals surface area contributed by atoms with Crippen LogP contribution in [-0.4, -0.2) is 20.8 Å². The molecular formula is C14H11Cl4N3O. The van der Waals surface area contributed by atoms with E-state index in [-0.39, 0.29) is 0 Å². The molecule has 1 heterocycles. The minimum Gasteiger partial charge on any atom is -0.362 e. The third-order valence-electron chi connectivity index (χ3n) is 2.68. The number of alkyl halides is 3. The molecular weight excluding hydrogens is 368 g/mol. The highest BCUT2D eigenvalue weighted by Crippen LogP contribution is 2.31. The molecule has 0 radical (unpaired) electrons. The van der Waals surface area contributed by atoms with Gasteiger partial charge in [0.1, 0.15) is 6.17 Å². The summed E-state index contributed by atoms with van der Waals surface area (Å²) < 4.78 is -1.75. The second-order valence-corrected chi connectivity index (χ2v) is 7.15. The summed E-state index contributed by atoms with van der Waals surface area (Å²) in [6.45, 7) is 0. The number of hydrogen-bond acceptors (Lipinski definition) is 3. The van der Waals surface area contributed by atoms with Crippen molar-refractivity contribution in [2.75, 3.05) is 5.32 Å². The maximum Gasteiger partial charge on any atom is 0.254 e. The monoisotopic (exact) mass is 377 g/mol. The Balaban J connectivity index is 2.13. The molecule has 2 rings (SSSR count). The maximum absolute atomic E-state index is 12.2. The fourth-order valence-electron chi connectivity index (χ4n) is 1.62. The van der Waals surface area contributed by atoms with Gasteiger partial charge in [-0.15, -0.1) is 0 Å². The predicted octanol–water partition coefficient (Wildman–Crippen LogP) is 4.27. The van der Waals surface area contributed by atoms with Gasteiger partial charge in [-0.2, -0.15) is 0 Å². The minimum absolute atomic E-state index is 0.361. The van der Waals surface area contributed by atoms with Gasteiger partial charge in [0.15, 0.2) is 0 Å². The minimum atomic E-state index is -1.75. The van der Waals surface area contributed by atoms with Crippen LogP contribution < -0.4 is 10.6 Å². The number of carbonyl (C=O) groups is 1. The van der Waals surface area contributed by atoms with Crippen LogP contribution in [0.4, 0.5) is 5.69 Å². The van der Waals surface area contributed by atoms with Gasteiger partial charge in [0, 0.05) is 23.1 Å². The third kappa shape index (κ3) is 4.92. The lowest BCUT2D eigenvalue weighted by Gasteiger charge is -2.27. The van der Waals surface area contributed by atoms with Gasteiger partial charge in [0.2, 0.25) is 3.79 Å². The van der Waals surface area contributed by atoms with Gasteiger partial charge in [-0.1, -0.05) is 46.4 Å². The highest BCUT2D eigenvalue weighted by Gasteiger charge is 2.34. The van der Waals surface area contributed by atoms with Crippen molar-refractivity contribution in [3.05, 3.63) is 59.4 Å². The second-order valence-electron chi connectivity index (χ2n) is 4.34. The van der Waals surface area contributed by atoms with E-state index in [1.165, 1.54) is 6.20 Å². The maximum atomic E-state index is 12.2. The van der Waals surface area contributed by atoms with E-state index in [0.717, 1.165) is 0 Å². The Morgan fingerprint density at radius 3 is 2.36 bits per heavy atom. The number of pyridine rings is 1. The van der Waals surface area contributed by atoms with Crippen molar-refractivity contribution in [1.82, 2.24) is 10.3 Å². The van der Waals surface area contributed by atoms with E-state index in [1.807, 2.05) is 0 Å². The van der Waals surface area contributed by atoms with Crippen molar-refractivity contribution in [2.45, 2.75) is 9.96 Å². The van der Waals surface area contributed by atoms with Crippen LogP contribution in [0.15, 0.2) is 48.8 Å². The lowest BCUT2D eigenvalue weighted by molar-refractivity contribution is 0.0941. The number of halogens is 4. The normalized spacial score (nSPS) is 12.5. The summed E-state index contributed by atoms with van der Waals surface area (Å²) >= 11 is 23.6. The first kappa shape index (κ1) is 17.2. The fourth-order valence-corrected chi connectivity index (χ4v) is 2.08. The summed E-state index contributed by atoms with van der Waals surface area (Å²) in [5.41, 5.74) is 1.01. The van der Waals surface area contributed by atoms with Gasteiger partial charge < -0.3 is 10.6 Å². The first-order chi connectivity index (χ1) is 10.4. The van der Waals surface area contributed by atoms with E-state index in [4.69, 9.17) is 46.4 Å². The second kappa shape index (κ2) is 7.38. The van der Waals surface area contributed by atoms with E-state index in [9.17, 15) is 4.79 Å². The van der Waals surface area contributed by atoms with Crippen LogP contribution in [0.1, 0.15) is 10.4 Å². The van der Waals surface area contributed by atoms with Crippen LogP contribution >= 0.6 is 46.4 Å². The first-order valence-electron chi connectivity index (χ1n) is 6.16. The predicted molar refractivity (Wildman–Crippen MR) is 90.9 cm³/mol. The molecule has 8 heteroatoms. The van der Waals surface area contributed by atoms with Gasteiger partial charge in [0.05, 0.1) is 5.56 Å². The largest absolute Gasteiger partial charge is 0.362 e. The summed E-state index contributed by atoms with van der Waals surface area (Å²) in [5.74, 6) is -0.411. The van der Waals surface area contributed by atoms with Crippen molar-refractivity contribution >= 4 is 58.0 Å². The molecule has 0 fully saturated rings. The molecule has 4 nitrogen and oxygen atoms in total. The number of rotatable bonds is 4. The van der Waals surface area contributed by atoms with Crippen molar-refractivity contribution in [3.8, 4) is 0 Å². The van der Waals surface area contributed by atoms with E-state index in [0.29, 0.717) is 16.3 Å². The quantitative estimate of drug-likeness (QED) is 0.616. The molecule has 0 aliphatic carbocycles. The standard InChI is InChI=1S/C14H11Cl4N3O/c15-10-3-5-11(6-4-10)20-13(14(16,17)18)21-12(22)9-2-1-7-19-8-9/h1-8,13,20H,(H,21,22). The smallest absolute Gasteiger partial charge is 0.254 e. The van der Waals surface area contributed by atoms with Gasteiger partial charge in [0.25, 0.3) is 5.91 Å². The molecule has 0 aliphatic heterocycles. The molecule has 1 atom stereocenters. The van der Waals surface area contributed by atoms with Gasteiger partial charge in [-0.3, -0.25) is 9.78 Å². The number of hydrogen-bond donors (Lipinski definition) is 2. The number of anilines is 1. The molecule has 1 aromatic heterocycles. The van der Waals surface area contributed by atoms with Gasteiger partial charge in [-0.25, -0.2) is 0 Å². The Kier molecular flexibility index (Phi) is 5.75. The number of nitrogens with one attached hydrogen (secondary N) is 2. The zero-order valence-electron chi connectivity index (χ0n) is 11.1. The van der Waals surface area contributed by atoms with Gasteiger partial charge >= 0.3 is 0 Å². The van der Waals surface area contributed by atoms with Crippen LogP contribution in [-0.2, 0) is 0 Å². The van der Waals surface area contributed by atoms with Crippen molar-refractivity contribution in [2.24, 2.45) is 0 Å². The highest BCUT2D eigenvalue weighted by molar-refractivity contribution is 6.68. The average Bonchev–Trinajstić information content (AvgIpc) is 2.48. The van der Waals surface area contributed by atoms with Crippen LogP contribution in [0.3, 0.4) is 0 Å². The summed E-state index contributed by atoms with van der Waals surface area (Å²) in [5, 5.41) is 6.14. The number of carbonyl (C=O) groups excluding carboxylic acids is 1. The summed E-state index contributed by atoms with van der Waals surface area (Å²) in [7, 11) is 0.